The second-order valence-corrected chi connectivity index (χ2v) is 6.85. The van der Waals surface area contributed by atoms with Crippen LogP contribution in [-0.4, -0.2) is 29.9 Å². The predicted molar refractivity (Wildman–Crippen MR) is 90.8 cm³/mol. The maximum absolute atomic E-state index is 11.7. The second-order valence-electron chi connectivity index (χ2n) is 6.42. The molecule has 5 heteroatoms. The summed E-state index contributed by atoms with van der Waals surface area (Å²) in [5.41, 5.74) is 0.641. The zero-order chi connectivity index (χ0) is 16.8. The summed E-state index contributed by atoms with van der Waals surface area (Å²) in [4.78, 5) is 11.7. The molecular formula is C17H25ClN2O2. The average molecular weight is 325 g/mol. The largest absolute Gasteiger partial charge is 0.456 e. The van der Waals surface area contributed by atoms with Gasteiger partial charge in [-0.2, -0.15) is 0 Å². The van der Waals surface area contributed by atoms with Crippen molar-refractivity contribution in [2.24, 2.45) is 0 Å². The number of esters is 1. The van der Waals surface area contributed by atoms with E-state index in [1.54, 1.807) is 20.8 Å². The number of nitrogens with one attached hydrogen (secondary N) is 2. The summed E-state index contributed by atoms with van der Waals surface area (Å²) in [5.74, 6) is -0.543. The third-order valence-corrected chi connectivity index (χ3v) is 3.23. The van der Waals surface area contributed by atoms with Crippen molar-refractivity contribution in [2.75, 3.05) is 6.54 Å². The molecule has 0 aliphatic heterocycles. The Morgan fingerprint density at radius 3 is 2.45 bits per heavy atom. The third kappa shape index (κ3) is 7.57. The van der Waals surface area contributed by atoms with Gasteiger partial charge in [-0.15, -0.1) is 0 Å². The Morgan fingerprint density at radius 2 is 1.91 bits per heavy atom. The van der Waals surface area contributed by atoms with E-state index in [-0.39, 0.29) is 11.8 Å². The lowest BCUT2D eigenvalue weighted by Crippen LogP contribution is -2.35. The van der Waals surface area contributed by atoms with Crippen LogP contribution in [0.25, 0.3) is 0 Å². The van der Waals surface area contributed by atoms with Gasteiger partial charge in [0.25, 0.3) is 0 Å². The summed E-state index contributed by atoms with van der Waals surface area (Å²) in [5, 5.41) is 11.8. The van der Waals surface area contributed by atoms with Gasteiger partial charge in [-0.1, -0.05) is 23.7 Å². The molecule has 0 amide bonds. The van der Waals surface area contributed by atoms with Crippen LogP contribution in [-0.2, 0) is 16.0 Å². The minimum absolute atomic E-state index is 0.00131. The Bertz CT molecular complexity index is 506. The molecule has 1 aromatic rings. The molecular weight excluding hydrogens is 300 g/mol. The van der Waals surface area contributed by atoms with Crippen LogP contribution in [0.15, 0.2) is 24.3 Å². The van der Waals surface area contributed by atoms with Crippen LogP contribution in [0.1, 0.15) is 39.7 Å². The fourth-order valence-corrected chi connectivity index (χ4v) is 2.04. The Kier molecular flexibility index (Phi) is 7.04. The summed E-state index contributed by atoms with van der Waals surface area (Å²) in [7, 11) is 0. The molecule has 1 rings (SSSR count). The fraction of sp³-hybridized carbons (Fsp3) is 0.529. The number of carbonyl (C=O) groups is 1. The molecule has 0 unspecified atom stereocenters. The van der Waals surface area contributed by atoms with Crippen LogP contribution >= 0.6 is 11.6 Å². The smallest absolute Gasteiger partial charge is 0.352 e. The van der Waals surface area contributed by atoms with E-state index in [1.807, 2.05) is 31.2 Å². The molecule has 0 aliphatic rings. The first-order chi connectivity index (χ1) is 10.2. The highest BCUT2D eigenvalue weighted by Crippen LogP contribution is 2.10. The number of halogens is 1. The molecule has 0 saturated carbocycles. The van der Waals surface area contributed by atoms with Crippen molar-refractivity contribution in [3.63, 3.8) is 0 Å². The van der Waals surface area contributed by atoms with Gasteiger partial charge in [0.2, 0.25) is 0 Å². The normalized spacial score (nSPS) is 12.8. The van der Waals surface area contributed by atoms with Crippen LogP contribution in [0.2, 0.25) is 5.02 Å². The molecule has 0 fully saturated rings. The first-order valence-electron chi connectivity index (χ1n) is 7.46. The zero-order valence-electron chi connectivity index (χ0n) is 13.7. The van der Waals surface area contributed by atoms with Gasteiger partial charge in [0, 0.05) is 17.5 Å². The molecule has 0 aliphatic carbocycles. The van der Waals surface area contributed by atoms with Gasteiger partial charge in [0.05, 0.1) is 0 Å². The molecule has 0 saturated heterocycles. The van der Waals surface area contributed by atoms with Crippen molar-refractivity contribution in [1.82, 2.24) is 5.32 Å². The van der Waals surface area contributed by atoms with Gasteiger partial charge in [-0.3, -0.25) is 5.41 Å². The van der Waals surface area contributed by atoms with Gasteiger partial charge in [-0.25, -0.2) is 4.79 Å². The topological polar surface area (TPSA) is 62.2 Å². The molecule has 1 aromatic carbocycles. The Hall–Kier alpha value is -1.39. The first kappa shape index (κ1) is 18.7. The van der Waals surface area contributed by atoms with Gasteiger partial charge < -0.3 is 10.1 Å². The molecule has 0 aromatic heterocycles. The lowest BCUT2D eigenvalue weighted by Gasteiger charge is -2.20. The van der Waals surface area contributed by atoms with E-state index >= 15 is 0 Å². The van der Waals surface area contributed by atoms with Crippen molar-refractivity contribution < 1.29 is 9.53 Å². The quantitative estimate of drug-likeness (QED) is 0.595. The van der Waals surface area contributed by atoms with Crippen molar-refractivity contribution in [3.8, 4) is 0 Å². The summed E-state index contributed by atoms with van der Waals surface area (Å²) in [6.07, 6.45) is 1.23. The molecule has 2 N–H and O–H groups in total. The Labute approximate surface area is 137 Å². The number of hydrogen-bond donors (Lipinski definition) is 2. The minimum atomic E-state index is -0.561. The molecule has 22 heavy (non-hydrogen) atoms. The fourth-order valence-electron chi connectivity index (χ4n) is 1.92. The highest BCUT2D eigenvalue weighted by Gasteiger charge is 2.21. The highest BCUT2D eigenvalue weighted by atomic mass is 35.5. The molecule has 0 heterocycles. The number of rotatable bonds is 7. The SMILES string of the molecule is C[C@H](CC(=N)C(=O)OC(C)(C)C)NCCc1ccc(Cl)cc1. The number of hydrogen-bond acceptors (Lipinski definition) is 4. The summed E-state index contributed by atoms with van der Waals surface area (Å²) >= 11 is 5.85. The van der Waals surface area contributed by atoms with Crippen molar-refractivity contribution in [2.45, 2.75) is 52.2 Å². The van der Waals surface area contributed by atoms with E-state index in [2.05, 4.69) is 5.32 Å². The van der Waals surface area contributed by atoms with E-state index < -0.39 is 11.6 Å². The van der Waals surface area contributed by atoms with Gasteiger partial charge in [-0.05, 0) is 58.4 Å². The summed E-state index contributed by atoms with van der Waals surface area (Å²) in [6, 6.07) is 7.79. The van der Waals surface area contributed by atoms with E-state index in [1.165, 1.54) is 5.56 Å². The zero-order valence-corrected chi connectivity index (χ0v) is 14.5. The van der Waals surface area contributed by atoms with Gasteiger partial charge in [0.15, 0.2) is 0 Å². The Balaban J connectivity index is 2.30. The summed E-state index contributed by atoms with van der Waals surface area (Å²) < 4.78 is 5.18. The molecule has 0 bridgehead atoms. The number of ether oxygens (including phenoxy) is 1. The predicted octanol–water partition coefficient (Wildman–Crippen LogP) is 3.61. The third-order valence-electron chi connectivity index (χ3n) is 2.98. The van der Waals surface area contributed by atoms with Crippen LogP contribution in [0.5, 0.6) is 0 Å². The lowest BCUT2D eigenvalue weighted by molar-refractivity contribution is -0.146. The monoisotopic (exact) mass is 324 g/mol. The van der Waals surface area contributed by atoms with Crippen LogP contribution in [0, 0.1) is 5.41 Å². The molecule has 0 radical (unpaired) electrons. The Morgan fingerprint density at radius 1 is 1.32 bits per heavy atom. The van der Waals surface area contributed by atoms with Gasteiger partial charge in [0.1, 0.15) is 11.3 Å². The first-order valence-corrected chi connectivity index (χ1v) is 7.84. The molecule has 4 nitrogen and oxygen atoms in total. The maximum Gasteiger partial charge on any atom is 0.352 e. The molecule has 0 spiro atoms. The molecule has 1 atom stereocenters. The highest BCUT2D eigenvalue weighted by molar-refractivity contribution is 6.35. The van der Waals surface area contributed by atoms with E-state index in [0.717, 1.165) is 18.0 Å². The maximum atomic E-state index is 11.7. The van der Waals surface area contributed by atoms with Crippen molar-refractivity contribution in [3.05, 3.63) is 34.9 Å². The lowest BCUT2D eigenvalue weighted by atomic mass is 10.1. The van der Waals surface area contributed by atoms with E-state index in [9.17, 15) is 4.79 Å². The minimum Gasteiger partial charge on any atom is -0.456 e. The molecule has 122 valence electrons. The van der Waals surface area contributed by atoms with Crippen LogP contribution in [0.3, 0.4) is 0 Å². The van der Waals surface area contributed by atoms with E-state index in [0.29, 0.717) is 6.42 Å². The summed E-state index contributed by atoms with van der Waals surface area (Å²) in [6.45, 7) is 8.13. The second kappa shape index (κ2) is 8.30. The standard InChI is InChI=1S/C17H25ClN2O2/c1-12(11-15(19)16(21)22-17(2,3)4)20-10-9-13-5-7-14(18)8-6-13/h5-8,12,19-20H,9-11H2,1-4H3/t12-/m1/s1. The van der Waals surface area contributed by atoms with Gasteiger partial charge >= 0.3 is 5.97 Å². The van der Waals surface area contributed by atoms with Crippen LogP contribution in [0.4, 0.5) is 0 Å². The number of benzene rings is 1. The van der Waals surface area contributed by atoms with E-state index in [4.69, 9.17) is 21.7 Å². The van der Waals surface area contributed by atoms with Crippen LogP contribution < -0.4 is 5.32 Å². The number of carbonyl (C=O) groups excluding carboxylic acids is 1. The average Bonchev–Trinajstić information content (AvgIpc) is 2.39. The van der Waals surface area contributed by atoms with Crippen molar-refractivity contribution >= 4 is 23.3 Å². The van der Waals surface area contributed by atoms with Crippen molar-refractivity contribution in [1.29, 1.82) is 5.41 Å².